The van der Waals surface area contributed by atoms with E-state index < -0.39 is 0 Å². The summed E-state index contributed by atoms with van der Waals surface area (Å²) >= 11 is 0. The van der Waals surface area contributed by atoms with Crippen LogP contribution in [-0.2, 0) is 25.8 Å². The zero-order valence-corrected chi connectivity index (χ0v) is 8.09. The van der Waals surface area contributed by atoms with E-state index in [1.807, 2.05) is 0 Å². The zero-order chi connectivity index (χ0) is 0. The van der Waals surface area contributed by atoms with E-state index in [-0.39, 0.29) is 69.7 Å². The van der Waals surface area contributed by atoms with Crippen LogP contribution < -0.4 is 0 Å². The molecule has 0 saturated heterocycles. The first-order chi connectivity index (χ1) is 0. The van der Waals surface area contributed by atoms with Crippen LogP contribution in [0.4, 0.5) is 0 Å². The quantitative estimate of drug-likeness (QED) is 0.377. The maximum atomic E-state index is 0. The first-order valence-corrected chi connectivity index (χ1v) is 0. The summed E-state index contributed by atoms with van der Waals surface area (Å²) in [6, 6.07) is 0. The van der Waals surface area contributed by atoms with Gasteiger partial charge >= 0.3 is 0 Å². The molecule has 0 aromatic carbocycles. The van der Waals surface area contributed by atoms with Crippen LogP contribution in [0.3, 0.4) is 0 Å². The first kappa shape index (κ1) is 2310. The van der Waals surface area contributed by atoms with Crippen molar-refractivity contribution in [2.75, 3.05) is 0 Å². The molecule has 0 heterocycles. The Balaban J connectivity index is 0. The van der Waals surface area contributed by atoms with E-state index in [1.54, 1.807) is 0 Å². The Morgan fingerprint density at radius 1 is 0.222 bits per heavy atom. The monoisotopic (exact) mass is 324 g/mol. The summed E-state index contributed by atoms with van der Waals surface area (Å²) < 4.78 is 0. The Kier molecular flexibility index (Phi) is 413000. The Labute approximate surface area is 70.1 Å². The Bertz CT molecular complexity index is 4.53. The predicted molar refractivity (Wildman–Crippen MR) is 28.9 cm³/mol. The standard InChI is InChI=1S/Hf.8H2O/h;8*1H2. The number of hydrogen-bond acceptors (Lipinski definition) is 0. The molecule has 0 unspecified atom stereocenters. The van der Waals surface area contributed by atoms with Crippen LogP contribution in [0.2, 0.25) is 0 Å². The summed E-state index contributed by atoms with van der Waals surface area (Å²) in [7, 11) is 0. The smallest absolute Gasteiger partial charge is 0 e. The van der Waals surface area contributed by atoms with Gasteiger partial charge in [0, 0.05) is 25.8 Å². The van der Waals surface area contributed by atoms with Crippen LogP contribution in [0.15, 0.2) is 0 Å². The topological polar surface area (TPSA) is 252 Å². The molecule has 0 radical (unpaired) electrons. The molecule has 68 valence electrons. The van der Waals surface area contributed by atoms with E-state index in [0.717, 1.165) is 0 Å². The largest absolute Gasteiger partial charge is 0.412 e. The van der Waals surface area contributed by atoms with Gasteiger partial charge in [-0.25, -0.2) is 0 Å². The average Bonchev–Trinajstić information content (AvgIpc) is 0. The van der Waals surface area contributed by atoms with Crippen LogP contribution >= 0.6 is 0 Å². The second-order valence-corrected chi connectivity index (χ2v) is 0. The molecule has 8 nitrogen and oxygen atoms in total. The minimum atomic E-state index is 0. The van der Waals surface area contributed by atoms with Gasteiger partial charge in [-0.1, -0.05) is 0 Å². The van der Waals surface area contributed by atoms with Crippen molar-refractivity contribution in [3.63, 3.8) is 0 Å². The summed E-state index contributed by atoms with van der Waals surface area (Å²) in [5, 5.41) is 0. The molecule has 0 aromatic heterocycles. The summed E-state index contributed by atoms with van der Waals surface area (Å²) in [5.41, 5.74) is 0. The summed E-state index contributed by atoms with van der Waals surface area (Å²) in [4.78, 5) is 0. The van der Waals surface area contributed by atoms with Gasteiger partial charge in [-0.3, -0.25) is 0 Å². The fourth-order valence-electron chi connectivity index (χ4n) is 0. The van der Waals surface area contributed by atoms with Crippen LogP contribution in [0, 0.1) is 0 Å². The molecule has 0 atom stereocenters. The van der Waals surface area contributed by atoms with E-state index in [9.17, 15) is 0 Å². The molecule has 0 amide bonds. The van der Waals surface area contributed by atoms with E-state index in [0.29, 0.717) is 0 Å². The first-order valence-electron chi connectivity index (χ1n) is 0. The zero-order valence-electron chi connectivity index (χ0n) is 4.50. The van der Waals surface area contributed by atoms with E-state index in [4.69, 9.17) is 0 Å². The molecule has 0 saturated carbocycles. The van der Waals surface area contributed by atoms with E-state index in [1.165, 1.54) is 0 Å². The molecule has 0 rings (SSSR count). The summed E-state index contributed by atoms with van der Waals surface area (Å²) in [6.07, 6.45) is 0. The Morgan fingerprint density at radius 2 is 0.222 bits per heavy atom. The molecule has 0 aliphatic rings. The molecule has 0 spiro atoms. The molecule has 0 bridgehead atoms. The molecule has 9 heteroatoms. The Morgan fingerprint density at radius 3 is 0.222 bits per heavy atom. The Hall–Kier alpha value is 0.550. The second kappa shape index (κ2) is 1610. The van der Waals surface area contributed by atoms with E-state index in [2.05, 4.69) is 0 Å². The number of hydrogen-bond donors (Lipinski definition) is 0. The van der Waals surface area contributed by atoms with Crippen molar-refractivity contribution >= 4 is 0 Å². The van der Waals surface area contributed by atoms with Gasteiger partial charge in [-0.15, -0.1) is 0 Å². The maximum absolute atomic E-state index is 0. The van der Waals surface area contributed by atoms with Crippen molar-refractivity contribution in [2.45, 2.75) is 0 Å². The van der Waals surface area contributed by atoms with Gasteiger partial charge in [-0.2, -0.15) is 0 Å². The van der Waals surface area contributed by atoms with Crippen LogP contribution in [0.1, 0.15) is 0 Å². The van der Waals surface area contributed by atoms with Crippen LogP contribution in [-0.4, -0.2) is 43.8 Å². The third-order valence-corrected chi connectivity index (χ3v) is 0. The van der Waals surface area contributed by atoms with Gasteiger partial charge in [0.05, 0.1) is 0 Å². The average molecular weight is 323 g/mol. The SMILES string of the molecule is O.O.O.O.O.O.O.O.[Hf]. The second-order valence-electron chi connectivity index (χ2n) is 0. The van der Waals surface area contributed by atoms with Crippen molar-refractivity contribution in [2.24, 2.45) is 0 Å². The molecule has 0 aliphatic carbocycles. The number of rotatable bonds is 0. The molecule has 16 N–H and O–H groups in total. The van der Waals surface area contributed by atoms with Crippen molar-refractivity contribution in [3.8, 4) is 0 Å². The molecule has 0 aliphatic heterocycles. The molecule has 9 heavy (non-hydrogen) atoms. The van der Waals surface area contributed by atoms with Gasteiger partial charge in [0.2, 0.25) is 0 Å². The van der Waals surface area contributed by atoms with Crippen molar-refractivity contribution in [3.05, 3.63) is 0 Å². The predicted octanol–water partition coefficient (Wildman–Crippen LogP) is -6.60. The summed E-state index contributed by atoms with van der Waals surface area (Å²) in [6.45, 7) is 0. The molecular formula is H16HfO8. The van der Waals surface area contributed by atoms with Crippen LogP contribution in [0.25, 0.3) is 0 Å². The van der Waals surface area contributed by atoms with E-state index >= 15 is 0 Å². The van der Waals surface area contributed by atoms with Crippen molar-refractivity contribution < 1.29 is 69.7 Å². The van der Waals surface area contributed by atoms with Crippen LogP contribution in [0.5, 0.6) is 0 Å². The summed E-state index contributed by atoms with van der Waals surface area (Å²) in [5.74, 6) is 0. The third-order valence-electron chi connectivity index (χ3n) is 0. The third kappa shape index (κ3) is 1210. The minimum Gasteiger partial charge on any atom is -0.412 e. The minimum absolute atomic E-state index is 0. The fraction of sp³-hybridized carbons (Fsp3) is 0. The van der Waals surface area contributed by atoms with Gasteiger partial charge in [0.1, 0.15) is 0 Å². The fourth-order valence-corrected chi connectivity index (χ4v) is 0. The normalized spacial score (nSPS) is 0. The van der Waals surface area contributed by atoms with Crippen molar-refractivity contribution in [1.29, 1.82) is 0 Å². The molecule has 0 fully saturated rings. The van der Waals surface area contributed by atoms with Gasteiger partial charge < -0.3 is 43.8 Å². The molecule has 0 aromatic rings. The van der Waals surface area contributed by atoms with Crippen molar-refractivity contribution in [1.82, 2.24) is 0 Å². The van der Waals surface area contributed by atoms with Gasteiger partial charge in [0.25, 0.3) is 0 Å². The maximum Gasteiger partial charge on any atom is 0 e. The molecular weight excluding hydrogens is 306 g/mol. The van der Waals surface area contributed by atoms with Gasteiger partial charge in [0.15, 0.2) is 0 Å². The van der Waals surface area contributed by atoms with Gasteiger partial charge in [-0.05, 0) is 0 Å².